The molecule has 0 saturated carbocycles. The molecule has 1 rings (SSSR count). The molecule has 22 heavy (non-hydrogen) atoms. The van der Waals surface area contributed by atoms with Gasteiger partial charge in [-0.2, -0.15) is 0 Å². The van der Waals surface area contributed by atoms with Crippen molar-refractivity contribution in [3.63, 3.8) is 0 Å². The van der Waals surface area contributed by atoms with E-state index in [1.165, 1.54) is 17.8 Å². The lowest BCUT2D eigenvalue weighted by Crippen LogP contribution is -2.37. The van der Waals surface area contributed by atoms with Gasteiger partial charge in [-0.25, -0.2) is 0 Å². The Hall–Kier alpha value is -1.56. The van der Waals surface area contributed by atoms with E-state index in [2.05, 4.69) is 27.7 Å². The number of hydrogen-bond donors (Lipinski definition) is 0. The molecule has 0 spiro atoms. The lowest BCUT2D eigenvalue weighted by atomic mass is 10.1. The third kappa shape index (κ3) is 5.02. The van der Waals surface area contributed by atoms with Gasteiger partial charge in [0.25, 0.3) is 11.6 Å². The molecule has 122 valence electrons. The summed E-state index contributed by atoms with van der Waals surface area (Å²) in [6.45, 7) is 9.52. The van der Waals surface area contributed by atoms with Crippen LogP contribution in [0.2, 0.25) is 0 Å². The molecule has 0 aromatic heterocycles. The van der Waals surface area contributed by atoms with E-state index in [1.54, 1.807) is 23.3 Å². The Balaban J connectivity index is 3.12. The smallest absolute Gasteiger partial charge is 0.283 e. The number of benzene rings is 1. The van der Waals surface area contributed by atoms with E-state index >= 15 is 0 Å². The topological polar surface area (TPSA) is 63.5 Å². The highest BCUT2D eigenvalue weighted by atomic mass is 32.2. The third-order valence-electron chi connectivity index (χ3n) is 3.08. The summed E-state index contributed by atoms with van der Waals surface area (Å²) in [6, 6.07) is 4.72. The number of amides is 1. The number of nitrogens with zero attached hydrogens (tertiary/aromatic N) is 2. The van der Waals surface area contributed by atoms with Crippen molar-refractivity contribution in [1.82, 2.24) is 4.90 Å². The largest absolute Gasteiger partial charge is 0.338 e. The first-order chi connectivity index (χ1) is 10.3. The second-order valence-corrected chi connectivity index (χ2v) is 6.99. The molecule has 1 aromatic rings. The van der Waals surface area contributed by atoms with Crippen LogP contribution in [0.15, 0.2) is 23.1 Å². The van der Waals surface area contributed by atoms with E-state index < -0.39 is 4.92 Å². The average molecular weight is 324 g/mol. The summed E-state index contributed by atoms with van der Waals surface area (Å²) in [6.07, 6.45) is 1.79. The number of rotatable bonds is 7. The second kappa shape index (κ2) is 8.17. The van der Waals surface area contributed by atoms with E-state index in [1.807, 2.05) is 0 Å². The van der Waals surface area contributed by atoms with Crippen LogP contribution < -0.4 is 0 Å². The fraction of sp³-hybridized carbons (Fsp3) is 0.562. The highest BCUT2D eigenvalue weighted by Crippen LogP contribution is 2.28. The van der Waals surface area contributed by atoms with Crippen LogP contribution in [0, 0.1) is 22.0 Å². The molecule has 0 heterocycles. The minimum Gasteiger partial charge on any atom is -0.338 e. The Morgan fingerprint density at radius 2 is 1.77 bits per heavy atom. The average Bonchev–Trinajstić information content (AvgIpc) is 2.44. The summed E-state index contributed by atoms with van der Waals surface area (Å²) >= 11 is 1.31. The van der Waals surface area contributed by atoms with Gasteiger partial charge in [0.2, 0.25) is 0 Å². The van der Waals surface area contributed by atoms with Crippen molar-refractivity contribution in [1.29, 1.82) is 0 Å². The van der Waals surface area contributed by atoms with Crippen LogP contribution in [0.1, 0.15) is 38.1 Å². The number of carbonyl (C=O) groups excluding carboxylic acids is 1. The summed E-state index contributed by atoms with van der Waals surface area (Å²) in [5.41, 5.74) is 0.373. The van der Waals surface area contributed by atoms with Crippen molar-refractivity contribution in [3.8, 4) is 0 Å². The molecule has 0 fully saturated rings. The summed E-state index contributed by atoms with van der Waals surface area (Å²) in [7, 11) is 0. The normalized spacial score (nSPS) is 11.0. The van der Waals surface area contributed by atoms with Crippen molar-refractivity contribution in [2.45, 2.75) is 32.6 Å². The predicted octanol–water partition coefficient (Wildman–Crippen LogP) is 4.07. The van der Waals surface area contributed by atoms with Gasteiger partial charge >= 0.3 is 0 Å². The zero-order chi connectivity index (χ0) is 16.9. The van der Waals surface area contributed by atoms with Gasteiger partial charge in [-0.05, 0) is 30.2 Å². The number of nitro benzene ring substituents is 1. The highest BCUT2D eigenvalue weighted by Gasteiger charge is 2.22. The molecule has 6 heteroatoms. The summed E-state index contributed by atoms with van der Waals surface area (Å²) in [5.74, 6) is 0.560. The maximum absolute atomic E-state index is 12.7. The van der Waals surface area contributed by atoms with E-state index in [0.717, 1.165) is 0 Å². The van der Waals surface area contributed by atoms with Gasteiger partial charge in [-0.15, -0.1) is 11.8 Å². The van der Waals surface area contributed by atoms with Gasteiger partial charge in [0, 0.05) is 24.7 Å². The van der Waals surface area contributed by atoms with Crippen LogP contribution in [-0.4, -0.2) is 35.1 Å². The van der Waals surface area contributed by atoms with Gasteiger partial charge in [0.1, 0.15) is 0 Å². The van der Waals surface area contributed by atoms with Crippen molar-refractivity contribution in [2.75, 3.05) is 19.3 Å². The molecule has 0 aliphatic rings. The molecule has 1 aromatic carbocycles. The van der Waals surface area contributed by atoms with Gasteiger partial charge in [0.15, 0.2) is 0 Å². The summed E-state index contributed by atoms with van der Waals surface area (Å²) < 4.78 is 0. The zero-order valence-electron chi connectivity index (χ0n) is 13.8. The first-order valence-electron chi connectivity index (χ1n) is 7.38. The molecule has 0 radical (unpaired) electrons. The van der Waals surface area contributed by atoms with Crippen LogP contribution in [0.5, 0.6) is 0 Å². The first-order valence-corrected chi connectivity index (χ1v) is 8.60. The minimum absolute atomic E-state index is 0.00704. The molecule has 0 aliphatic heterocycles. The van der Waals surface area contributed by atoms with E-state index in [4.69, 9.17) is 0 Å². The standard InChI is InChI=1S/C16H24N2O3S/c1-11(2)9-17(10-12(3)4)16(19)13-6-7-15(22-5)14(8-13)18(20)21/h6-8,11-12H,9-10H2,1-5H3. The van der Waals surface area contributed by atoms with Crippen molar-refractivity contribution in [3.05, 3.63) is 33.9 Å². The van der Waals surface area contributed by atoms with Crippen LogP contribution in [0.25, 0.3) is 0 Å². The van der Waals surface area contributed by atoms with Gasteiger partial charge < -0.3 is 4.90 Å². The fourth-order valence-corrected chi connectivity index (χ4v) is 2.82. The number of thioether (sulfide) groups is 1. The van der Waals surface area contributed by atoms with Crippen LogP contribution in [0.4, 0.5) is 5.69 Å². The van der Waals surface area contributed by atoms with Gasteiger partial charge in [-0.3, -0.25) is 14.9 Å². The van der Waals surface area contributed by atoms with Crippen LogP contribution >= 0.6 is 11.8 Å². The lowest BCUT2D eigenvalue weighted by molar-refractivity contribution is -0.387. The number of carbonyl (C=O) groups is 1. The minimum atomic E-state index is -0.433. The molecular formula is C16H24N2O3S. The monoisotopic (exact) mass is 324 g/mol. The lowest BCUT2D eigenvalue weighted by Gasteiger charge is -2.26. The second-order valence-electron chi connectivity index (χ2n) is 6.14. The van der Waals surface area contributed by atoms with Crippen LogP contribution in [0.3, 0.4) is 0 Å². The predicted molar refractivity (Wildman–Crippen MR) is 90.5 cm³/mol. The fourth-order valence-electron chi connectivity index (χ4n) is 2.27. The Morgan fingerprint density at radius 3 is 2.18 bits per heavy atom. The molecule has 0 bridgehead atoms. The van der Waals surface area contributed by atoms with Gasteiger partial charge in [0.05, 0.1) is 9.82 Å². The highest BCUT2D eigenvalue weighted by molar-refractivity contribution is 7.98. The first kappa shape index (κ1) is 18.5. The maximum Gasteiger partial charge on any atom is 0.283 e. The van der Waals surface area contributed by atoms with Crippen molar-refractivity contribution < 1.29 is 9.72 Å². The van der Waals surface area contributed by atoms with Crippen LogP contribution in [-0.2, 0) is 0 Å². The quantitative estimate of drug-likeness (QED) is 0.431. The Bertz CT molecular complexity index is 534. The summed E-state index contributed by atoms with van der Waals surface area (Å²) in [4.78, 5) is 25.8. The zero-order valence-corrected chi connectivity index (χ0v) is 14.6. The maximum atomic E-state index is 12.7. The molecule has 1 amide bonds. The molecule has 0 N–H and O–H groups in total. The van der Waals surface area contributed by atoms with Gasteiger partial charge in [-0.1, -0.05) is 27.7 Å². The van der Waals surface area contributed by atoms with Crippen molar-refractivity contribution in [2.24, 2.45) is 11.8 Å². The number of hydrogen-bond acceptors (Lipinski definition) is 4. The Kier molecular flexibility index (Phi) is 6.87. The Labute approximate surface area is 136 Å². The molecular weight excluding hydrogens is 300 g/mol. The van der Waals surface area contributed by atoms with E-state index in [0.29, 0.717) is 35.4 Å². The SMILES string of the molecule is CSc1ccc(C(=O)N(CC(C)C)CC(C)C)cc1[N+](=O)[O-]. The molecule has 0 atom stereocenters. The third-order valence-corrected chi connectivity index (χ3v) is 3.87. The van der Waals surface area contributed by atoms with Crippen molar-refractivity contribution >= 4 is 23.4 Å². The molecule has 0 saturated heterocycles. The van der Waals surface area contributed by atoms with E-state index in [9.17, 15) is 14.9 Å². The molecule has 5 nitrogen and oxygen atoms in total. The number of nitro groups is 1. The summed E-state index contributed by atoms with van der Waals surface area (Å²) in [5, 5.41) is 11.1. The Morgan fingerprint density at radius 1 is 1.23 bits per heavy atom. The van der Waals surface area contributed by atoms with E-state index in [-0.39, 0.29) is 11.6 Å². The molecule has 0 unspecified atom stereocenters. The molecule has 0 aliphatic carbocycles.